The topological polar surface area (TPSA) is 64.3 Å². The number of hydrazine groups is 1. The number of carbonyl (C=O) groups excluding carboxylic acids is 1. The summed E-state index contributed by atoms with van der Waals surface area (Å²) in [5.74, 6) is 5.60. The Balaban J connectivity index is 2.85. The highest BCUT2D eigenvalue weighted by atomic mass is 16.5. The third-order valence-corrected chi connectivity index (χ3v) is 2.60. The van der Waals surface area contributed by atoms with E-state index in [9.17, 15) is 4.79 Å². The standard InChI is InChI=1S/C13H20N2O2/c1-4-5-11(13(16)15-14)17-12-8-9(2)6-7-10(12)3/h6-8,11H,4-5,14H2,1-3H3,(H,15,16). The molecule has 3 N–H and O–H groups in total. The lowest BCUT2D eigenvalue weighted by Gasteiger charge is -2.18. The van der Waals surface area contributed by atoms with Crippen LogP contribution in [-0.2, 0) is 4.79 Å². The van der Waals surface area contributed by atoms with Crippen LogP contribution in [-0.4, -0.2) is 12.0 Å². The van der Waals surface area contributed by atoms with E-state index in [4.69, 9.17) is 10.6 Å². The number of ether oxygens (including phenoxy) is 1. The van der Waals surface area contributed by atoms with Crippen LogP contribution in [0.3, 0.4) is 0 Å². The molecule has 0 aliphatic heterocycles. The van der Waals surface area contributed by atoms with Gasteiger partial charge in [-0.1, -0.05) is 25.5 Å². The molecule has 1 atom stereocenters. The van der Waals surface area contributed by atoms with E-state index in [1.807, 2.05) is 39.0 Å². The molecule has 0 radical (unpaired) electrons. The first kappa shape index (κ1) is 13.5. The molecule has 1 aromatic carbocycles. The van der Waals surface area contributed by atoms with E-state index in [1.165, 1.54) is 0 Å². The molecule has 0 aliphatic carbocycles. The number of hydrogen-bond donors (Lipinski definition) is 2. The first-order valence-electron chi connectivity index (χ1n) is 5.82. The van der Waals surface area contributed by atoms with Gasteiger partial charge in [0.05, 0.1) is 0 Å². The number of rotatable bonds is 5. The summed E-state index contributed by atoms with van der Waals surface area (Å²) < 4.78 is 5.73. The number of aryl methyl sites for hydroxylation is 2. The Morgan fingerprint density at radius 1 is 1.47 bits per heavy atom. The SMILES string of the molecule is CCCC(Oc1cc(C)ccc1C)C(=O)NN. The summed E-state index contributed by atoms with van der Waals surface area (Å²) in [7, 11) is 0. The van der Waals surface area contributed by atoms with Crippen LogP contribution in [0.2, 0.25) is 0 Å². The van der Waals surface area contributed by atoms with Gasteiger partial charge in [0.15, 0.2) is 6.10 Å². The van der Waals surface area contributed by atoms with E-state index in [2.05, 4.69) is 5.43 Å². The Morgan fingerprint density at radius 2 is 2.18 bits per heavy atom. The molecule has 1 aromatic rings. The van der Waals surface area contributed by atoms with Gasteiger partial charge < -0.3 is 4.74 Å². The summed E-state index contributed by atoms with van der Waals surface area (Å²) in [6.45, 7) is 5.95. The fourth-order valence-corrected chi connectivity index (χ4v) is 1.59. The van der Waals surface area contributed by atoms with E-state index < -0.39 is 6.10 Å². The third kappa shape index (κ3) is 3.75. The average Bonchev–Trinajstić information content (AvgIpc) is 2.32. The Kier molecular flexibility index (Phi) is 4.97. The molecule has 4 heteroatoms. The number of benzene rings is 1. The van der Waals surface area contributed by atoms with Crippen molar-refractivity contribution in [1.82, 2.24) is 5.43 Å². The van der Waals surface area contributed by atoms with Crippen LogP contribution in [0.1, 0.15) is 30.9 Å². The van der Waals surface area contributed by atoms with Crippen molar-refractivity contribution in [2.45, 2.75) is 39.7 Å². The number of nitrogens with one attached hydrogen (secondary N) is 1. The molecule has 1 rings (SSSR count). The highest BCUT2D eigenvalue weighted by Crippen LogP contribution is 2.21. The van der Waals surface area contributed by atoms with Gasteiger partial charge in [-0.25, -0.2) is 5.84 Å². The summed E-state index contributed by atoms with van der Waals surface area (Å²) in [4.78, 5) is 11.5. The molecule has 1 amide bonds. The van der Waals surface area contributed by atoms with Crippen LogP contribution in [0, 0.1) is 13.8 Å². The van der Waals surface area contributed by atoms with E-state index in [-0.39, 0.29) is 5.91 Å². The molecule has 0 aliphatic rings. The van der Waals surface area contributed by atoms with E-state index in [0.29, 0.717) is 6.42 Å². The second-order valence-electron chi connectivity index (χ2n) is 4.17. The zero-order valence-electron chi connectivity index (χ0n) is 10.6. The summed E-state index contributed by atoms with van der Waals surface area (Å²) >= 11 is 0. The van der Waals surface area contributed by atoms with Gasteiger partial charge in [-0.15, -0.1) is 0 Å². The van der Waals surface area contributed by atoms with Gasteiger partial charge in [-0.3, -0.25) is 10.2 Å². The highest BCUT2D eigenvalue weighted by molar-refractivity contribution is 5.80. The first-order chi connectivity index (χ1) is 8.08. The van der Waals surface area contributed by atoms with Crippen molar-refractivity contribution in [3.63, 3.8) is 0 Å². The zero-order chi connectivity index (χ0) is 12.8. The summed E-state index contributed by atoms with van der Waals surface area (Å²) in [6, 6.07) is 5.93. The summed E-state index contributed by atoms with van der Waals surface area (Å²) in [6.07, 6.45) is 0.991. The lowest BCUT2D eigenvalue weighted by atomic mass is 10.1. The molecule has 94 valence electrons. The van der Waals surface area contributed by atoms with Crippen molar-refractivity contribution in [2.24, 2.45) is 5.84 Å². The Bertz CT molecular complexity index is 391. The van der Waals surface area contributed by atoms with Gasteiger partial charge in [-0.2, -0.15) is 0 Å². The van der Waals surface area contributed by atoms with Gasteiger partial charge in [0.1, 0.15) is 5.75 Å². The molecule has 0 saturated carbocycles. The van der Waals surface area contributed by atoms with Crippen LogP contribution in [0.25, 0.3) is 0 Å². The Hall–Kier alpha value is -1.55. The van der Waals surface area contributed by atoms with Gasteiger partial charge in [-0.05, 0) is 37.5 Å². The lowest BCUT2D eigenvalue weighted by Crippen LogP contribution is -2.42. The molecular formula is C13H20N2O2. The first-order valence-corrected chi connectivity index (χ1v) is 5.82. The van der Waals surface area contributed by atoms with Crippen molar-refractivity contribution in [3.05, 3.63) is 29.3 Å². The summed E-state index contributed by atoms with van der Waals surface area (Å²) in [5, 5.41) is 0. The minimum absolute atomic E-state index is 0.284. The van der Waals surface area contributed by atoms with Crippen molar-refractivity contribution in [1.29, 1.82) is 0 Å². The second kappa shape index (κ2) is 6.25. The molecule has 0 spiro atoms. The molecular weight excluding hydrogens is 216 g/mol. The van der Waals surface area contributed by atoms with E-state index >= 15 is 0 Å². The largest absolute Gasteiger partial charge is 0.480 e. The minimum Gasteiger partial charge on any atom is -0.480 e. The molecule has 0 heterocycles. The number of nitrogens with two attached hydrogens (primary N) is 1. The van der Waals surface area contributed by atoms with Crippen molar-refractivity contribution >= 4 is 5.91 Å². The number of carbonyl (C=O) groups is 1. The van der Waals surface area contributed by atoms with Crippen molar-refractivity contribution < 1.29 is 9.53 Å². The molecule has 0 fully saturated rings. The third-order valence-electron chi connectivity index (χ3n) is 2.60. The second-order valence-corrected chi connectivity index (χ2v) is 4.17. The van der Waals surface area contributed by atoms with Gasteiger partial charge in [0.25, 0.3) is 5.91 Å². The van der Waals surface area contributed by atoms with E-state index in [0.717, 1.165) is 23.3 Å². The molecule has 0 bridgehead atoms. The Labute approximate surface area is 102 Å². The molecule has 0 saturated heterocycles. The van der Waals surface area contributed by atoms with Crippen molar-refractivity contribution in [3.8, 4) is 5.75 Å². The van der Waals surface area contributed by atoms with Crippen LogP contribution in [0.5, 0.6) is 5.75 Å². The average molecular weight is 236 g/mol. The van der Waals surface area contributed by atoms with Crippen LogP contribution >= 0.6 is 0 Å². The smallest absolute Gasteiger partial charge is 0.274 e. The van der Waals surface area contributed by atoms with Crippen LogP contribution in [0.15, 0.2) is 18.2 Å². The van der Waals surface area contributed by atoms with Gasteiger partial charge in [0.2, 0.25) is 0 Å². The fraction of sp³-hybridized carbons (Fsp3) is 0.462. The molecule has 4 nitrogen and oxygen atoms in total. The summed E-state index contributed by atoms with van der Waals surface area (Å²) in [5.41, 5.74) is 4.26. The van der Waals surface area contributed by atoms with Crippen molar-refractivity contribution in [2.75, 3.05) is 0 Å². The number of hydrogen-bond acceptors (Lipinski definition) is 3. The molecule has 17 heavy (non-hydrogen) atoms. The maximum absolute atomic E-state index is 11.5. The highest BCUT2D eigenvalue weighted by Gasteiger charge is 2.19. The maximum atomic E-state index is 11.5. The van der Waals surface area contributed by atoms with Gasteiger partial charge in [0, 0.05) is 0 Å². The normalized spacial score (nSPS) is 12.0. The van der Waals surface area contributed by atoms with Crippen LogP contribution in [0.4, 0.5) is 0 Å². The number of amides is 1. The lowest BCUT2D eigenvalue weighted by molar-refractivity contribution is -0.128. The van der Waals surface area contributed by atoms with Crippen LogP contribution < -0.4 is 16.0 Å². The quantitative estimate of drug-likeness (QED) is 0.466. The Morgan fingerprint density at radius 3 is 2.76 bits per heavy atom. The van der Waals surface area contributed by atoms with Gasteiger partial charge >= 0.3 is 0 Å². The monoisotopic (exact) mass is 236 g/mol. The fourth-order valence-electron chi connectivity index (χ4n) is 1.59. The molecule has 0 aromatic heterocycles. The predicted molar refractivity (Wildman–Crippen MR) is 67.6 cm³/mol. The predicted octanol–water partition coefficient (Wildman–Crippen LogP) is 1.84. The zero-order valence-corrected chi connectivity index (χ0v) is 10.6. The minimum atomic E-state index is -0.523. The molecule has 1 unspecified atom stereocenters. The maximum Gasteiger partial charge on any atom is 0.274 e. The van der Waals surface area contributed by atoms with E-state index in [1.54, 1.807) is 0 Å².